The van der Waals surface area contributed by atoms with Crippen molar-refractivity contribution in [3.63, 3.8) is 0 Å². The number of rotatable bonds is 2. The van der Waals surface area contributed by atoms with E-state index in [0.717, 1.165) is 22.7 Å². The van der Waals surface area contributed by atoms with Crippen LogP contribution in [0.2, 0.25) is 5.02 Å². The van der Waals surface area contributed by atoms with E-state index >= 15 is 0 Å². The third-order valence-electron chi connectivity index (χ3n) is 3.39. The Morgan fingerprint density at radius 1 is 1.12 bits per heavy atom. The minimum atomic E-state index is 0.0369. The quantitative estimate of drug-likeness (QED) is 0.673. The first-order valence-electron chi connectivity index (χ1n) is 5.69. The van der Waals surface area contributed by atoms with Gasteiger partial charge in [0.2, 0.25) is 0 Å². The molecule has 1 unspecified atom stereocenters. The van der Waals surface area contributed by atoms with Crippen LogP contribution in [0, 0.1) is 5.92 Å². The van der Waals surface area contributed by atoms with Crippen LogP contribution in [0.15, 0.2) is 35.7 Å². The molecule has 0 spiro atoms. The fourth-order valence-electron chi connectivity index (χ4n) is 2.52. The molecule has 1 heterocycles. The number of halogens is 2. The molecule has 1 aromatic carbocycles. The number of fused-ring (bicyclic) bond motifs is 1. The molecule has 1 atom stereocenters. The minimum Gasteiger partial charge on any atom is -0.146 e. The highest BCUT2D eigenvalue weighted by Crippen LogP contribution is 2.43. The Labute approximate surface area is 115 Å². The molecular weight excluding hydrogens is 271 g/mol. The normalized spacial score (nSPS) is 17.1. The predicted molar refractivity (Wildman–Crippen MR) is 75.3 cm³/mol. The van der Waals surface area contributed by atoms with Crippen LogP contribution in [-0.2, 0) is 12.8 Å². The largest absolute Gasteiger partial charge is 0.146 e. The summed E-state index contributed by atoms with van der Waals surface area (Å²) in [6.07, 6.45) is 2.14. The Kier molecular flexibility index (Phi) is 3.16. The number of hydrogen-bond acceptors (Lipinski definition) is 1. The topological polar surface area (TPSA) is 0 Å². The summed E-state index contributed by atoms with van der Waals surface area (Å²) in [5, 5.41) is 2.86. The first-order chi connectivity index (χ1) is 8.25. The van der Waals surface area contributed by atoms with Gasteiger partial charge in [-0.05, 0) is 41.3 Å². The highest BCUT2D eigenvalue weighted by molar-refractivity contribution is 7.11. The van der Waals surface area contributed by atoms with Gasteiger partial charge in [-0.2, -0.15) is 0 Å². The molecule has 0 aliphatic heterocycles. The Balaban J connectivity index is 1.83. The van der Waals surface area contributed by atoms with Gasteiger partial charge in [0.1, 0.15) is 0 Å². The molecule has 88 valence electrons. The van der Waals surface area contributed by atoms with Gasteiger partial charge in [0, 0.05) is 4.88 Å². The van der Waals surface area contributed by atoms with Crippen LogP contribution < -0.4 is 0 Å². The zero-order valence-electron chi connectivity index (χ0n) is 9.20. The van der Waals surface area contributed by atoms with Gasteiger partial charge in [0.25, 0.3) is 0 Å². The van der Waals surface area contributed by atoms with Crippen LogP contribution in [0.5, 0.6) is 0 Å². The number of alkyl halides is 1. The summed E-state index contributed by atoms with van der Waals surface area (Å²) in [6.45, 7) is 0. The summed E-state index contributed by atoms with van der Waals surface area (Å²) in [5.41, 5.74) is 2.88. The lowest BCUT2D eigenvalue weighted by Gasteiger charge is -2.15. The van der Waals surface area contributed by atoms with Gasteiger partial charge in [-0.25, -0.2) is 0 Å². The maximum Gasteiger partial charge on any atom is 0.0727 e. The van der Waals surface area contributed by atoms with Crippen molar-refractivity contribution in [2.24, 2.45) is 5.92 Å². The van der Waals surface area contributed by atoms with E-state index in [1.807, 2.05) is 11.4 Å². The summed E-state index contributed by atoms with van der Waals surface area (Å²) in [7, 11) is 0. The maximum absolute atomic E-state index is 6.58. The van der Waals surface area contributed by atoms with Crippen molar-refractivity contribution < 1.29 is 0 Å². The predicted octanol–water partition coefficient (Wildman–Crippen LogP) is 5.10. The molecule has 2 aromatic rings. The molecule has 3 heteroatoms. The Morgan fingerprint density at radius 2 is 1.76 bits per heavy atom. The van der Waals surface area contributed by atoms with Gasteiger partial charge in [-0.3, -0.25) is 0 Å². The van der Waals surface area contributed by atoms with Crippen molar-refractivity contribution in [3.8, 4) is 0 Å². The SMILES string of the molecule is Clc1ccsc1C(Cl)C1Cc2ccccc2C1. The fourth-order valence-corrected chi connectivity index (χ4v) is 4.26. The monoisotopic (exact) mass is 282 g/mol. The fraction of sp³-hybridized carbons (Fsp3) is 0.286. The second kappa shape index (κ2) is 4.64. The zero-order chi connectivity index (χ0) is 11.8. The Bertz CT molecular complexity index is 508. The van der Waals surface area contributed by atoms with Crippen molar-refractivity contribution in [2.75, 3.05) is 0 Å². The summed E-state index contributed by atoms with van der Waals surface area (Å²) in [6, 6.07) is 10.5. The van der Waals surface area contributed by atoms with Crippen LogP contribution >= 0.6 is 34.5 Å². The molecule has 3 rings (SSSR count). The molecule has 0 saturated carbocycles. The molecule has 0 bridgehead atoms. The molecule has 1 aliphatic rings. The van der Waals surface area contributed by atoms with E-state index in [0.29, 0.717) is 5.92 Å². The van der Waals surface area contributed by atoms with Crippen molar-refractivity contribution in [2.45, 2.75) is 18.2 Å². The van der Waals surface area contributed by atoms with Gasteiger partial charge in [0.05, 0.1) is 10.4 Å². The van der Waals surface area contributed by atoms with E-state index in [1.54, 1.807) is 11.3 Å². The number of hydrogen-bond donors (Lipinski definition) is 0. The first kappa shape index (κ1) is 11.6. The summed E-state index contributed by atoms with van der Waals surface area (Å²) < 4.78 is 0. The molecule has 0 amide bonds. The van der Waals surface area contributed by atoms with Gasteiger partial charge >= 0.3 is 0 Å². The van der Waals surface area contributed by atoms with Gasteiger partial charge < -0.3 is 0 Å². The van der Waals surface area contributed by atoms with Crippen LogP contribution in [0.25, 0.3) is 0 Å². The van der Waals surface area contributed by atoms with Gasteiger partial charge in [-0.1, -0.05) is 35.9 Å². The van der Waals surface area contributed by atoms with Crippen LogP contribution in [-0.4, -0.2) is 0 Å². The number of thiophene rings is 1. The average Bonchev–Trinajstić information content (AvgIpc) is 2.93. The first-order valence-corrected chi connectivity index (χ1v) is 7.39. The lowest BCUT2D eigenvalue weighted by Crippen LogP contribution is -2.07. The second-order valence-electron chi connectivity index (χ2n) is 4.47. The highest BCUT2D eigenvalue weighted by atomic mass is 35.5. The van der Waals surface area contributed by atoms with E-state index in [-0.39, 0.29) is 5.38 Å². The van der Waals surface area contributed by atoms with Crippen LogP contribution in [0.4, 0.5) is 0 Å². The lowest BCUT2D eigenvalue weighted by atomic mass is 10.0. The van der Waals surface area contributed by atoms with E-state index in [1.165, 1.54) is 11.1 Å². The van der Waals surface area contributed by atoms with Crippen LogP contribution in [0.3, 0.4) is 0 Å². The standard InChI is InChI=1S/C14H12Cl2S/c15-12-5-6-17-14(12)13(16)11-7-9-3-1-2-4-10(9)8-11/h1-6,11,13H,7-8H2. The Morgan fingerprint density at radius 3 is 2.29 bits per heavy atom. The van der Waals surface area contributed by atoms with E-state index in [2.05, 4.69) is 24.3 Å². The molecule has 1 aromatic heterocycles. The third-order valence-corrected chi connectivity index (χ3v) is 5.54. The average molecular weight is 283 g/mol. The molecule has 1 aliphatic carbocycles. The van der Waals surface area contributed by atoms with Gasteiger partial charge in [-0.15, -0.1) is 22.9 Å². The molecule has 0 radical (unpaired) electrons. The zero-order valence-corrected chi connectivity index (χ0v) is 11.5. The van der Waals surface area contributed by atoms with E-state index in [9.17, 15) is 0 Å². The molecule has 17 heavy (non-hydrogen) atoms. The van der Waals surface area contributed by atoms with Crippen molar-refractivity contribution in [1.29, 1.82) is 0 Å². The lowest BCUT2D eigenvalue weighted by molar-refractivity contribution is 0.546. The molecule has 0 saturated heterocycles. The third kappa shape index (κ3) is 2.12. The van der Waals surface area contributed by atoms with Crippen molar-refractivity contribution in [1.82, 2.24) is 0 Å². The van der Waals surface area contributed by atoms with Crippen molar-refractivity contribution in [3.05, 3.63) is 56.7 Å². The molecular formula is C14H12Cl2S. The molecule has 0 N–H and O–H groups in total. The van der Waals surface area contributed by atoms with E-state index in [4.69, 9.17) is 23.2 Å². The van der Waals surface area contributed by atoms with Gasteiger partial charge in [0.15, 0.2) is 0 Å². The summed E-state index contributed by atoms with van der Waals surface area (Å²) in [4.78, 5) is 1.12. The number of benzene rings is 1. The van der Waals surface area contributed by atoms with E-state index < -0.39 is 0 Å². The minimum absolute atomic E-state index is 0.0369. The molecule has 0 nitrogen and oxygen atoms in total. The van der Waals surface area contributed by atoms with Crippen molar-refractivity contribution >= 4 is 34.5 Å². The summed E-state index contributed by atoms with van der Waals surface area (Å²) in [5.74, 6) is 0.477. The highest BCUT2D eigenvalue weighted by Gasteiger charge is 2.29. The smallest absolute Gasteiger partial charge is 0.0727 e. The Hall–Kier alpha value is -0.500. The van der Waals surface area contributed by atoms with Crippen LogP contribution in [0.1, 0.15) is 21.4 Å². The second-order valence-corrected chi connectivity index (χ2v) is 6.30. The molecule has 0 fully saturated rings. The summed E-state index contributed by atoms with van der Waals surface area (Å²) >= 11 is 14.4. The maximum atomic E-state index is 6.58.